The second-order valence-corrected chi connectivity index (χ2v) is 6.67. The summed E-state index contributed by atoms with van der Waals surface area (Å²) in [6.45, 7) is 5.11. The summed E-state index contributed by atoms with van der Waals surface area (Å²) in [5.74, 6) is 0.877. The molecule has 0 atom stereocenters. The minimum absolute atomic E-state index is 0.174. The van der Waals surface area contributed by atoms with Crippen molar-refractivity contribution in [3.8, 4) is 5.69 Å². The Bertz CT molecular complexity index is 1080. The van der Waals surface area contributed by atoms with Gasteiger partial charge >= 0.3 is 0 Å². The Labute approximate surface area is 153 Å². The zero-order chi connectivity index (χ0) is 18.1. The smallest absolute Gasteiger partial charge is 0.136 e. The highest BCUT2D eigenvalue weighted by Gasteiger charge is 2.15. The van der Waals surface area contributed by atoms with Crippen LogP contribution in [0.4, 0.5) is 5.82 Å². The second-order valence-electron chi connectivity index (χ2n) is 6.67. The van der Waals surface area contributed by atoms with Gasteiger partial charge in [0.15, 0.2) is 0 Å². The lowest BCUT2D eigenvalue weighted by Crippen LogP contribution is -2.06. The lowest BCUT2D eigenvalue weighted by molar-refractivity contribution is 0.292. The van der Waals surface area contributed by atoms with Crippen LogP contribution in [-0.2, 0) is 0 Å². The standard InChI is InChI=1S/C22H23N3O/c1-15-7-3-4-10-19(15)25-13-11-18-21(25)17-9-5-8-16(2)20(17)24-22(18)23-12-6-14-26/h3-5,7-11,13,26H,6,12,14H2,1-2H3,(H,23,24). The number of rotatable bonds is 5. The normalized spacial score (nSPS) is 11.3. The molecule has 2 heterocycles. The molecule has 4 nitrogen and oxygen atoms in total. The lowest BCUT2D eigenvalue weighted by Gasteiger charge is -2.14. The van der Waals surface area contributed by atoms with Gasteiger partial charge in [-0.25, -0.2) is 4.98 Å². The molecular weight excluding hydrogens is 322 g/mol. The Hall–Kier alpha value is -2.85. The zero-order valence-corrected chi connectivity index (χ0v) is 15.2. The molecule has 0 radical (unpaired) electrons. The van der Waals surface area contributed by atoms with Crippen molar-refractivity contribution in [2.45, 2.75) is 20.3 Å². The molecule has 0 fully saturated rings. The highest BCUT2D eigenvalue weighted by atomic mass is 16.3. The summed E-state index contributed by atoms with van der Waals surface area (Å²) in [5, 5.41) is 14.7. The van der Waals surface area contributed by atoms with Gasteiger partial charge in [0.1, 0.15) is 5.82 Å². The number of aromatic nitrogens is 2. The van der Waals surface area contributed by atoms with Crippen LogP contribution in [0, 0.1) is 13.8 Å². The molecule has 2 aromatic carbocycles. The number of para-hydroxylation sites is 2. The number of anilines is 1. The molecule has 0 unspecified atom stereocenters. The molecule has 0 aliphatic heterocycles. The maximum absolute atomic E-state index is 9.09. The number of aliphatic hydroxyl groups excluding tert-OH is 1. The van der Waals surface area contributed by atoms with Crippen LogP contribution in [0.1, 0.15) is 17.5 Å². The first kappa shape index (κ1) is 16.6. The molecular formula is C22H23N3O. The third-order valence-corrected chi connectivity index (χ3v) is 4.86. The van der Waals surface area contributed by atoms with Crippen LogP contribution in [-0.4, -0.2) is 27.8 Å². The van der Waals surface area contributed by atoms with E-state index in [9.17, 15) is 0 Å². The van der Waals surface area contributed by atoms with E-state index in [1.807, 2.05) is 0 Å². The van der Waals surface area contributed by atoms with Gasteiger partial charge in [-0.1, -0.05) is 36.4 Å². The molecule has 0 spiro atoms. The number of nitrogens with one attached hydrogen (secondary N) is 1. The van der Waals surface area contributed by atoms with E-state index in [1.165, 1.54) is 16.8 Å². The molecule has 26 heavy (non-hydrogen) atoms. The zero-order valence-electron chi connectivity index (χ0n) is 15.2. The first-order valence-electron chi connectivity index (χ1n) is 9.02. The van der Waals surface area contributed by atoms with Gasteiger partial charge in [-0.05, 0) is 43.5 Å². The van der Waals surface area contributed by atoms with Gasteiger partial charge in [-0.15, -0.1) is 0 Å². The quantitative estimate of drug-likeness (QED) is 0.520. The van der Waals surface area contributed by atoms with Gasteiger partial charge in [-0.3, -0.25) is 0 Å². The van der Waals surface area contributed by atoms with E-state index in [1.54, 1.807) is 0 Å². The third kappa shape index (κ3) is 2.72. The Balaban J connectivity index is 2.02. The van der Waals surface area contributed by atoms with Crippen molar-refractivity contribution in [3.05, 3.63) is 65.9 Å². The van der Waals surface area contributed by atoms with E-state index in [0.717, 1.165) is 27.7 Å². The molecule has 4 rings (SSSR count). The van der Waals surface area contributed by atoms with E-state index in [2.05, 4.69) is 78.5 Å². The molecule has 0 aliphatic carbocycles. The predicted octanol–water partition coefficient (Wildman–Crippen LogP) is 4.59. The molecule has 2 aromatic heterocycles. The fourth-order valence-electron chi connectivity index (χ4n) is 3.52. The second kappa shape index (κ2) is 6.81. The Morgan fingerprint density at radius 1 is 0.962 bits per heavy atom. The van der Waals surface area contributed by atoms with E-state index in [4.69, 9.17) is 10.1 Å². The molecule has 0 bridgehead atoms. The fourth-order valence-corrected chi connectivity index (χ4v) is 3.52. The van der Waals surface area contributed by atoms with E-state index in [-0.39, 0.29) is 6.61 Å². The van der Waals surface area contributed by atoms with E-state index < -0.39 is 0 Å². The number of pyridine rings is 1. The van der Waals surface area contributed by atoms with Crippen LogP contribution in [0.5, 0.6) is 0 Å². The van der Waals surface area contributed by atoms with Gasteiger partial charge in [0.25, 0.3) is 0 Å². The third-order valence-electron chi connectivity index (χ3n) is 4.86. The van der Waals surface area contributed by atoms with E-state index >= 15 is 0 Å². The lowest BCUT2D eigenvalue weighted by atomic mass is 10.1. The average Bonchev–Trinajstić information content (AvgIpc) is 3.08. The number of nitrogens with zero attached hydrogens (tertiary/aromatic N) is 2. The summed E-state index contributed by atoms with van der Waals surface area (Å²) in [4.78, 5) is 4.90. The van der Waals surface area contributed by atoms with Crippen molar-refractivity contribution in [1.29, 1.82) is 0 Å². The molecule has 0 amide bonds. The van der Waals surface area contributed by atoms with Crippen molar-refractivity contribution in [2.24, 2.45) is 0 Å². The van der Waals surface area contributed by atoms with Crippen molar-refractivity contribution >= 4 is 27.6 Å². The number of aliphatic hydroxyl groups is 1. The molecule has 4 aromatic rings. The van der Waals surface area contributed by atoms with Crippen LogP contribution >= 0.6 is 0 Å². The summed E-state index contributed by atoms with van der Waals surface area (Å²) in [6, 6.07) is 16.9. The maximum atomic E-state index is 9.09. The fraction of sp³-hybridized carbons (Fsp3) is 0.227. The van der Waals surface area contributed by atoms with Crippen LogP contribution in [0.25, 0.3) is 27.5 Å². The summed E-state index contributed by atoms with van der Waals surface area (Å²) in [5.41, 5.74) is 5.75. The van der Waals surface area contributed by atoms with Gasteiger partial charge in [-0.2, -0.15) is 0 Å². The summed E-state index contributed by atoms with van der Waals surface area (Å²) in [7, 11) is 0. The number of hydrogen-bond acceptors (Lipinski definition) is 3. The Kier molecular flexibility index (Phi) is 4.35. The van der Waals surface area contributed by atoms with Crippen LogP contribution < -0.4 is 5.32 Å². The van der Waals surface area contributed by atoms with Crippen molar-refractivity contribution in [2.75, 3.05) is 18.5 Å². The predicted molar refractivity (Wildman–Crippen MR) is 108 cm³/mol. The minimum Gasteiger partial charge on any atom is -0.396 e. The average molecular weight is 345 g/mol. The monoisotopic (exact) mass is 345 g/mol. The molecule has 0 saturated heterocycles. The molecule has 4 heteroatoms. The van der Waals surface area contributed by atoms with Gasteiger partial charge < -0.3 is 15.0 Å². The number of fused-ring (bicyclic) bond motifs is 3. The van der Waals surface area contributed by atoms with Crippen molar-refractivity contribution in [3.63, 3.8) is 0 Å². The van der Waals surface area contributed by atoms with Crippen LogP contribution in [0.15, 0.2) is 54.7 Å². The SMILES string of the molecule is Cc1ccccc1-n1ccc2c(NCCCO)nc3c(C)cccc3c21. The number of hydrogen-bond donors (Lipinski definition) is 2. The first-order valence-corrected chi connectivity index (χ1v) is 9.02. The van der Waals surface area contributed by atoms with Crippen LogP contribution in [0.2, 0.25) is 0 Å². The topological polar surface area (TPSA) is 50.1 Å². The highest BCUT2D eigenvalue weighted by Crippen LogP contribution is 2.34. The van der Waals surface area contributed by atoms with E-state index in [0.29, 0.717) is 13.0 Å². The summed E-state index contributed by atoms with van der Waals surface area (Å²) < 4.78 is 2.26. The minimum atomic E-state index is 0.174. The summed E-state index contributed by atoms with van der Waals surface area (Å²) >= 11 is 0. The molecule has 2 N–H and O–H groups in total. The molecule has 132 valence electrons. The van der Waals surface area contributed by atoms with Gasteiger partial charge in [0.2, 0.25) is 0 Å². The molecule has 0 saturated carbocycles. The largest absolute Gasteiger partial charge is 0.396 e. The highest BCUT2D eigenvalue weighted by molar-refractivity contribution is 6.10. The van der Waals surface area contributed by atoms with Crippen LogP contribution in [0.3, 0.4) is 0 Å². The number of aryl methyl sites for hydroxylation is 2. The maximum Gasteiger partial charge on any atom is 0.136 e. The van der Waals surface area contributed by atoms with Gasteiger partial charge in [0, 0.05) is 35.8 Å². The van der Waals surface area contributed by atoms with Crippen molar-refractivity contribution < 1.29 is 5.11 Å². The summed E-state index contributed by atoms with van der Waals surface area (Å²) in [6.07, 6.45) is 2.82. The Morgan fingerprint density at radius 2 is 1.77 bits per heavy atom. The number of benzene rings is 2. The first-order chi connectivity index (χ1) is 12.7. The van der Waals surface area contributed by atoms with Gasteiger partial charge in [0.05, 0.1) is 11.0 Å². The van der Waals surface area contributed by atoms with Crippen molar-refractivity contribution in [1.82, 2.24) is 9.55 Å². The molecule has 0 aliphatic rings. The Morgan fingerprint density at radius 3 is 2.58 bits per heavy atom.